The van der Waals surface area contributed by atoms with Crippen LogP contribution < -0.4 is 0 Å². The number of carboxylic acids is 2. The van der Waals surface area contributed by atoms with E-state index in [9.17, 15) is 9.59 Å². The molecule has 1 unspecified atom stereocenters. The monoisotopic (exact) mass is 240 g/mol. The molecule has 12 heavy (non-hydrogen) atoms. The Hall–Kier alpha value is -0.580. The van der Waals surface area contributed by atoms with Crippen LogP contribution in [0.4, 0.5) is 0 Å². The van der Waals surface area contributed by atoms with Crippen LogP contribution in [0.2, 0.25) is 0 Å². The van der Waals surface area contributed by atoms with Gasteiger partial charge in [0, 0.05) is 0 Å². The first-order chi connectivity index (χ1) is 5.29. The molecule has 2 N–H and O–H groups in total. The van der Waals surface area contributed by atoms with E-state index >= 15 is 0 Å². The van der Waals surface area contributed by atoms with Crippen LogP contribution in [0.25, 0.3) is 0 Å². The number of hydrogen-bond acceptors (Lipinski definition) is 2. The average molecular weight is 241 g/mol. The minimum Gasteiger partial charge on any atom is -0.481 e. The van der Waals surface area contributed by atoms with E-state index in [1.165, 1.54) is 0 Å². The van der Waals surface area contributed by atoms with Crippen LogP contribution in [-0.2, 0) is 9.59 Å². The summed E-state index contributed by atoms with van der Waals surface area (Å²) in [6, 6.07) is 0. The fourth-order valence-corrected chi connectivity index (χ4v) is 0. The highest BCUT2D eigenvalue weighted by molar-refractivity contribution is 9.10. The Labute approximate surface area is 79.7 Å². The van der Waals surface area contributed by atoms with Gasteiger partial charge >= 0.3 is 11.9 Å². The van der Waals surface area contributed by atoms with Crippen molar-refractivity contribution in [3.63, 3.8) is 0 Å². The predicted octanol–water partition coefficient (Wildman–Crippen LogP) is 1.58. The summed E-state index contributed by atoms with van der Waals surface area (Å²) >= 11 is 2.84. The molecule has 0 bridgehead atoms. The number of aliphatic carboxylic acids is 2. The standard InChI is InChI=1S/C4H8O2.C3H5BrO2/c1-3(2)4(5)6;1-2(4)3(5)6/h3H,1-2H3,(H,5,6);2H,1H3,(H,5,6). The van der Waals surface area contributed by atoms with Gasteiger partial charge in [0.05, 0.1) is 5.92 Å². The van der Waals surface area contributed by atoms with Crippen molar-refractivity contribution < 1.29 is 19.8 Å². The average Bonchev–Trinajstić information content (AvgIpc) is 1.88. The zero-order valence-electron chi connectivity index (χ0n) is 7.24. The minimum atomic E-state index is -0.824. The molecule has 0 aliphatic rings. The van der Waals surface area contributed by atoms with E-state index < -0.39 is 16.8 Å². The third-order valence-corrected chi connectivity index (χ3v) is 1.23. The van der Waals surface area contributed by atoms with Gasteiger partial charge in [0.25, 0.3) is 0 Å². The quantitative estimate of drug-likeness (QED) is 0.719. The fourth-order valence-electron chi connectivity index (χ4n) is 0. The predicted molar refractivity (Wildman–Crippen MR) is 48.5 cm³/mol. The Kier molecular flexibility index (Phi) is 8.26. The molecule has 5 heteroatoms. The Balaban J connectivity index is 0. The van der Waals surface area contributed by atoms with Gasteiger partial charge in [-0.25, -0.2) is 0 Å². The molecule has 4 nitrogen and oxygen atoms in total. The topological polar surface area (TPSA) is 74.6 Å². The number of carbonyl (C=O) groups is 2. The van der Waals surface area contributed by atoms with Crippen molar-refractivity contribution in [3.8, 4) is 0 Å². The maximum absolute atomic E-state index is 9.70. The SMILES string of the molecule is CC(Br)C(=O)O.CC(C)C(=O)O. The zero-order valence-corrected chi connectivity index (χ0v) is 8.83. The van der Waals surface area contributed by atoms with Crippen LogP contribution in [0.1, 0.15) is 20.8 Å². The molecule has 0 heterocycles. The van der Waals surface area contributed by atoms with E-state index in [1.54, 1.807) is 20.8 Å². The summed E-state index contributed by atoms with van der Waals surface area (Å²) in [5.41, 5.74) is 0. The highest BCUT2D eigenvalue weighted by atomic mass is 79.9. The molecule has 0 fully saturated rings. The second-order valence-corrected chi connectivity index (χ2v) is 3.82. The minimum absolute atomic E-state index is 0.231. The van der Waals surface area contributed by atoms with Crippen LogP contribution >= 0.6 is 15.9 Å². The van der Waals surface area contributed by atoms with E-state index in [0.717, 1.165) is 0 Å². The summed E-state index contributed by atoms with van der Waals surface area (Å²) in [4.78, 5) is 18.9. The van der Waals surface area contributed by atoms with E-state index in [2.05, 4.69) is 15.9 Å². The molecular weight excluding hydrogens is 228 g/mol. The fraction of sp³-hybridized carbons (Fsp3) is 0.714. The lowest BCUT2D eigenvalue weighted by molar-refractivity contribution is -0.140. The Morgan fingerprint density at radius 2 is 1.25 bits per heavy atom. The molecular formula is C7H13BrO4. The summed E-state index contributed by atoms with van der Waals surface area (Å²) in [5.74, 6) is -1.80. The highest BCUT2D eigenvalue weighted by Crippen LogP contribution is 1.93. The second-order valence-electron chi connectivity index (χ2n) is 2.45. The third kappa shape index (κ3) is 12.1. The van der Waals surface area contributed by atoms with Gasteiger partial charge in [0.15, 0.2) is 0 Å². The maximum atomic E-state index is 9.70. The molecule has 0 rings (SSSR count). The first kappa shape index (κ1) is 14.0. The van der Waals surface area contributed by atoms with Crippen LogP contribution in [0, 0.1) is 5.92 Å². The summed E-state index contributed by atoms with van der Waals surface area (Å²) < 4.78 is 0. The van der Waals surface area contributed by atoms with Crippen molar-refractivity contribution in [2.45, 2.75) is 25.6 Å². The lowest BCUT2D eigenvalue weighted by atomic mass is 10.2. The molecule has 0 aromatic heterocycles. The molecule has 0 aromatic rings. The lowest BCUT2D eigenvalue weighted by Gasteiger charge is -1.89. The molecule has 72 valence electrons. The summed E-state index contributed by atoms with van der Waals surface area (Å²) in [5, 5.41) is 15.9. The number of alkyl halides is 1. The van der Waals surface area contributed by atoms with Crippen LogP contribution in [0.15, 0.2) is 0 Å². The summed E-state index contributed by atoms with van der Waals surface area (Å²) in [7, 11) is 0. The Morgan fingerprint density at radius 3 is 1.25 bits per heavy atom. The molecule has 0 saturated carbocycles. The molecule has 0 saturated heterocycles. The zero-order chi connectivity index (χ0) is 10.3. The number of carboxylic acid groups (broad SMARTS) is 2. The first-order valence-corrected chi connectivity index (χ1v) is 4.30. The molecule has 0 aromatic carbocycles. The van der Waals surface area contributed by atoms with Gasteiger partial charge in [-0.05, 0) is 6.92 Å². The summed E-state index contributed by atoms with van der Waals surface area (Å²) in [6.07, 6.45) is 0. The molecule has 0 aliphatic heterocycles. The first-order valence-electron chi connectivity index (χ1n) is 3.38. The van der Waals surface area contributed by atoms with Gasteiger partial charge in [-0.2, -0.15) is 0 Å². The molecule has 0 radical (unpaired) electrons. The second kappa shape index (κ2) is 7.09. The van der Waals surface area contributed by atoms with Gasteiger partial charge in [0.2, 0.25) is 0 Å². The van der Waals surface area contributed by atoms with E-state index in [4.69, 9.17) is 10.2 Å². The Morgan fingerprint density at radius 1 is 1.08 bits per heavy atom. The molecule has 1 atom stereocenters. The van der Waals surface area contributed by atoms with Crippen molar-refractivity contribution in [1.29, 1.82) is 0 Å². The van der Waals surface area contributed by atoms with Crippen molar-refractivity contribution in [3.05, 3.63) is 0 Å². The van der Waals surface area contributed by atoms with Crippen LogP contribution in [-0.4, -0.2) is 27.0 Å². The van der Waals surface area contributed by atoms with E-state index in [0.29, 0.717) is 0 Å². The highest BCUT2D eigenvalue weighted by Gasteiger charge is 2.01. The molecule has 0 aliphatic carbocycles. The normalized spacial score (nSPS) is 11.4. The lowest BCUT2D eigenvalue weighted by Crippen LogP contribution is -2.06. The maximum Gasteiger partial charge on any atom is 0.316 e. The summed E-state index contributed by atoms with van der Waals surface area (Å²) in [6.45, 7) is 4.84. The van der Waals surface area contributed by atoms with E-state index in [-0.39, 0.29) is 5.92 Å². The van der Waals surface area contributed by atoms with E-state index in [1.807, 2.05) is 0 Å². The van der Waals surface area contributed by atoms with Gasteiger partial charge < -0.3 is 10.2 Å². The largest absolute Gasteiger partial charge is 0.481 e. The van der Waals surface area contributed by atoms with Crippen molar-refractivity contribution >= 4 is 27.9 Å². The van der Waals surface area contributed by atoms with Gasteiger partial charge in [-0.1, -0.05) is 29.8 Å². The van der Waals surface area contributed by atoms with Crippen molar-refractivity contribution in [1.82, 2.24) is 0 Å². The van der Waals surface area contributed by atoms with Gasteiger partial charge in [-0.3, -0.25) is 9.59 Å². The Bertz CT molecular complexity index is 135. The number of halogens is 1. The number of hydrogen-bond donors (Lipinski definition) is 2. The third-order valence-electron chi connectivity index (χ3n) is 0.834. The smallest absolute Gasteiger partial charge is 0.316 e. The van der Waals surface area contributed by atoms with Crippen LogP contribution in [0.5, 0.6) is 0 Å². The van der Waals surface area contributed by atoms with Crippen molar-refractivity contribution in [2.24, 2.45) is 5.92 Å². The number of rotatable bonds is 2. The van der Waals surface area contributed by atoms with Gasteiger partial charge in [-0.15, -0.1) is 0 Å². The molecule has 0 amide bonds. The van der Waals surface area contributed by atoms with Crippen molar-refractivity contribution in [2.75, 3.05) is 0 Å². The molecule has 0 spiro atoms. The van der Waals surface area contributed by atoms with Gasteiger partial charge in [0.1, 0.15) is 4.83 Å². The van der Waals surface area contributed by atoms with Crippen LogP contribution in [0.3, 0.4) is 0 Å².